The molecule has 33 heavy (non-hydrogen) atoms. The number of hydrogen-bond acceptors (Lipinski definition) is 8. The molecule has 1 N–H and O–H groups in total. The summed E-state index contributed by atoms with van der Waals surface area (Å²) in [5.74, 6) is -0.898. The molecular weight excluding hydrogens is 464 g/mol. The van der Waals surface area contributed by atoms with E-state index in [1.807, 2.05) is 13.8 Å². The quantitative estimate of drug-likeness (QED) is 0.360. The van der Waals surface area contributed by atoms with Gasteiger partial charge in [0.2, 0.25) is 5.91 Å². The first-order valence-electron chi connectivity index (χ1n) is 10.1. The molecule has 174 valence electrons. The van der Waals surface area contributed by atoms with E-state index in [2.05, 4.69) is 15.5 Å². The van der Waals surface area contributed by atoms with Crippen LogP contribution in [0.5, 0.6) is 0 Å². The highest BCUT2D eigenvalue weighted by Gasteiger charge is 2.22. The number of rotatable bonds is 9. The Bertz CT molecular complexity index is 1250. The minimum atomic E-state index is -3.59. The van der Waals surface area contributed by atoms with Crippen molar-refractivity contribution < 1.29 is 22.7 Å². The van der Waals surface area contributed by atoms with Crippen LogP contribution in [0.1, 0.15) is 28.7 Å². The van der Waals surface area contributed by atoms with Gasteiger partial charge in [-0.2, -0.15) is 0 Å². The number of carbonyl (C=O) groups is 2. The molecule has 0 aliphatic carbocycles. The monoisotopic (exact) mass is 488 g/mol. The van der Waals surface area contributed by atoms with Crippen molar-refractivity contribution in [1.82, 2.24) is 14.8 Å². The number of esters is 1. The van der Waals surface area contributed by atoms with Crippen LogP contribution in [0.25, 0.3) is 0 Å². The van der Waals surface area contributed by atoms with Crippen molar-refractivity contribution in [2.75, 3.05) is 18.2 Å². The molecule has 0 saturated heterocycles. The molecule has 3 rings (SSSR count). The molecule has 0 saturated carbocycles. The lowest BCUT2D eigenvalue weighted by molar-refractivity contribution is -0.113. The van der Waals surface area contributed by atoms with Crippen LogP contribution in [0.3, 0.4) is 0 Å². The van der Waals surface area contributed by atoms with Gasteiger partial charge in [0.1, 0.15) is 11.6 Å². The normalized spacial score (nSPS) is 11.2. The van der Waals surface area contributed by atoms with Crippen LogP contribution in [-0.2, 0) is 31.7 Å². The van der Waals surface area contributed by atoms with Gasteiger partial charge >= 0.3 is 5.97 Å². The minimum Gasteiger partial charge on any atom is -0.465 e. The summed E-state index contributed by atoms with van der Waals surface area (Å²) in [6, 6.07) is 13.2. The van der Waals surface area contributed by atoms with E-state index in [1.54, 1.807) is 53.1 Å². The van der Waals surface area contributed by atoms with Crippen molar-refractivity contribution in [2.45, 2.75) is 36.2 Å². The van der Waals surface area contributed by atoms with Gasteiger partial charge in [0.05, 0.1) is 29.0 Å². The number of carbonyl (C=O) groups excluding carboxylic acids is 2. The van der Waals surface area contributed by atoms with E-state index in [9.17, 15) is 18.0 Å². The SMILES string of the molecule is CCn1c(CS(=O)(=O)c2ccc(C)cc2)nnc1SCC(=O)Nc1ccccc1C(=O)OC. The number of methoxy groups -OCH3 is 1. The Morgan fingerprint density at radius 2 is 1.79 bits per heavy atom. The number of amides is 1. The average Bonchev–Trinajstić information content (AvgIpc) is 3.18. The fourth-order valence-corrected chi connectivity index (χ4v) is 5.14. The maximum atomic E-state index is 12.8. The summed E-state index contributed by atoms with van der Waals surface area (Å²) in [4.78, 5) is 24.5. The lowest BCUT2D eigenvalue weighted by atomic mass is 10.2. The Morgan fingerprint density at radius 3 is 2.45 bits per heavy atom. The van der Waals surface area contributed by atoms with Gasteiger partial charge in [-0.3, -0.25) is 4.79 Å². The molecule has 0 unspecified atom stereocenters. The summed E-state index contributed by atoms with van der Waals surface area (Å²) < 4.78 is 32.0. The number of sulfone groups is 1. The molecule has 1 aromatic heterocycles. The number of nitrogens with one attached hydrogen (secondary N) is 1. The first-order valence-corrected chi connectivity index (χ1v) is 12.7. The van der Waals surface area contributed by atoms with E-state index in [1.165, 1.54) is 7.11 Å². The summed E-state index contributed by atoms with van der Waals surface area (Å²) in [7, 11) is -2.32. The summed E-state index contributed by atoms with van der Waals surface area (Å²) in [6.45, 7) is 4.18. The second-order valence-electron chi connectivity index (χ2n) is 7.09. The molecule has 1 heterocycles. The number of benzene rings is 2. The largest absolute Gasteiger partial charge is 0.465 e. The molecule has 0 spiro atoms. The van der Waals surface area contributed by atoms with Crippen molar-refractivity contribution >= 4 is 39.2 Å². The number of nitrogens with zero attached hydrogens (tertiary/aromatic N) is 3. The number of aromatic nitrogens is 3. The van der Waals surface area contributed by atoms with E-state index < -0.39 is 15.8 Å². The van der Waals surface area contributed by atoms with Gasteiger partial charge in [0, 0.05) is 6.54 Å². The minimum absolute atomic E-state index is 0.00163. The molecule has 2 aromatic carbocycles. The van der Waals surface area contributed by atoms with Crippen LogP contribution in [0.15, 0.2) is 58.6 Å². The highest BCUT2D eigenvalue weighted by molar-refractivity contribution is 7.99. The third-order valence-electron chi connectivity index (χ3n) is 4.75. The van der Waals surface area contributed by atoms with Crippen molar-refractivity contribution in [3.63, 3.8) is 0 Å². The Kier molecular flexibility index (Phi) is 7.88. The van der Waals surface area contributed by atoms with E-state index in [-0.39, 0.29) is 27.9 Å². The predicted molar refractivity (Wildman–Crippen MR) is 125 cm³/mol. The highest BCUT2D eigenvalue weighted by atomic mass is 32.2. The highest BCUT2D eigenvalue weighted by Crippen LogP contribution is 2.22. The molecule has 0 aliphatic rings. The van der Waals surface area contributed by atoms with Gasteiger partial charge in [-0.15, -0.1) is 10.2 Å². The number of para-hydroxylation sites is 1. The van der Waals surface area contributed by atoms with Crippen molar-refractivity contribution in [3.8, 4) is 0 Å². The molecule has 11 heteroatoms. The third kappa shape index (κ3) is 5.99. The standard InChI is InChI=1S/C22H24N4O5S2/c1-4-26-19(14-33(29,30)16-11-9-15(2)10-12-16)24-25-22(26)32-13-20(27)23-18-8-6-5-7-17(18)21(28)31-3/h5-12H,4,13-14H2,1-3H3,(H,23,27). The predicted octanol–water partition coefficient (Wildman–Crippen LogP) is 3.10. The number of aryl methyl sites for hydroxylation is 1. The number of thioether (sulfide) groups is 1. The smallest absolute Gasteiger partial charge is 0.339 e. The maximum absolute atomic E-state index is 12.8. The molecule has 0 bridgehead atoms. The molecule has 0 fully saturated rings. The summed E-state index contributed by atoms with van der Waals surface area (Å²) in [5, 5.41) is 11.2. The zero-order valence-electron chi connectivity index (χ0n) is 18.4. The maximum Gasteiger partial charge on any atom is 0.339 e. The second-order valence-corrected chi connectivity index (χ2v) is 10.0. The fourth-order valence-electron chi connectivity index (χ4n) is 3.05. The molecular formula is C22H24N4O5S2. The second kappa shape index (κ2) is 10.6. The number of anilines is 1. The van der Waals surface area contributed by atoms with Crippen LogP contribution in [0.2, 0.25) is 0 Å². The van der Waals surface area contributed by atoms with Gasteiger partial charge in [-0.25, -0.2) is 13.2 Å². The van der Waals surface area contributed by atoms with Crippen LogP contribution in [0, 0.1) is 6.92 Å². The van der Waals surface area contributed by atoms with Gasteiger partial charge in [-0.1, -0.05) is 41.6 Å². The Balaban J connectivity index is 1.69. The van der Waals surface area contributed by atoms with Crippen LogP contribution < -0.4 is 5.32 Å². The first kappa shape index (κ1) is 24.5. The Labute approximate surface area is 196 Å². The van der Waals surface area contributed by atoms with E-state index in [4.69, 9.17) is 4.74 Å². The lowest BCUT2D eigenvalue weighted by Gasteiger charge is -2.10. The van der Waals surface area contributed by atoms with Crippen molar-refractivity contribution in [2.24, 2.45) is 0 Å². The van der Waals surface area contributed by atoms with Crippen LogP contribution in [-0.4, -0.2) is 47.9 Å². The molecule has 1 amide bonds. The van der Waals surface area contributed by atoms with Crippen LogP contribution in [0.4, 0.5) is 5.69 Å². The van der Waals surface area contributed by atoms with Gasteiger partial charge < -0.3 is 14.6 Å². The fraction of sp³-hybridized carbons (Fsp3) is 0.273. The topological polar surface area (TPSA) is 120 Å². The number of hydrogen-bond donors (Lipinski definition) is 1. The first-order chi connectivity index (χ1) is 15.7. The van der Waals surface area contributed by atoms with Gasteiger partial charge in [0.15, 0.2) is 15.0 Å². The zero-order valence-corrected chi connectivity index (χ0v) is 20.1. The molecule has 0 radical (unpaired) electrons. The number of ether oxygens (including phenoxy) is 1. The summed E-state index contributed by atoms with van der Waals surface area (Å²) in [5.41, 5.74) is 1.56. The van der Waals surface area contributed by atoms with Gasteiger partial charge in [0.25, 0.3) is 0 Å². The molecule has 3 aromatic rings. The summed E-state index contributed by atoms with van der Waals surface area (Å²) >= 11 is 1.13. The molecule has 0 atom stereocenters. The Morgan fingerprint density at radius 1 is 1.09 bits per heavy atom. The van der Waals surface area contributed by atoms with Crippen molar-refractivity contribution in [3.05, 3.63) is 65.5 Å². The van der Waals surface area contributed by atoms with E-state index in [0.717, 1.165) is 17.3 Å². The lowest BCUT2D eigenvalue weighted by Crippen LogP contribution is -2.17. The Hall–Kier alpha value is -3.18. The molecule has 9 nitrogen and oxygen atoms in total. The summed E-state index contributed by atoms with van der Waals surface area (Å²) in [6.07, 6.45) is 0. The van der Waals surface area contributed by atoms with E-state index >= 15 is 0 Å². The molecule has 0 aliphatic heterocycles. The zero-order chi connectivity index (χ0) is 24.0. The van der Waals surface area contributed by atoms with Crippen LogP contribution >= 0.6 is 11.8 Å². The third-order valence-corrected chi connectivity index (χ3v) is 7.34. The van der Waals surface area contributed by atoms with E-state index in [0.29, 0.717) is 23.2 Å². The average molecular weight is 489 g/mol. The van der Waals surface area contributed by atoms with Crippen molar-refractivity contribution in [1.29, 1.82) is 0 Å². The van der Waals surface area contributed by atoms with Gasteiger partial charge in [-0.05, 0) is 38.1 Å².